The first-order chi connectivity index (χ1) is 7.67. The van der Waals surface area contributed by atoms with E-state index in [1.165, 1.54) is 0 Å². The first kappa shape index (κ1) is 14.3. The summed E-state index contributed by atoms with van der Waals surface area (Å²) in [4.78, 5) is 0. The Morgan fingerprint density at radius 3 is 2.29 bits per heavy atom. The fourth-order valence-corrected chi connectivity index (χ4v) is 2.36. The van der Waals surface area contributed by atoms with Crippen molar-refractivity contribution in [1.82, 2.24) is 0 Å². The molecule has 0 fully saturated rings. The molecule has 0 aliphatic carbocycles. The number of rotatable bonds is 3. The summed E-state index contributed by atoms with van der Waals surface area (Å²) in [6.45, 7) is 13.3. The van der Waals surface area contributed by atoms with Crippen molar-refractivity contribution in [2.24, 2.45) is 0 Å². The van der Waals surface area contributed by atoms with Gasteiger partial charge in [-0.15, -0.1) is 0 Å². The molecular weight excluding hydrogens is 228 g/mol. The topological polar surface area (TPSA) is 29.5 Å². The second-order valence-electron chi connectivity index (χ2n) is 6.12. The smallest absolute Gasteiger partial charge is 0.250 e. The van der Waals surface area contributed by atoms with Gasteiger partial charge < -0.3 is 9.53 Å². The van der Waals surface area contributed by atoms with Crippen molar-refractivity contribution in [1.29, 1.82) is 0 Å². The van der Waals surface area contributed by atoms with Gasteiger partial charge in [-0.05, 0) is 42.2 Å². The highest BCUT2D eigenvalue weighted by molar-refractivity contribution is 6.74. The van der Waals surface area contributed by atoms with Gasteiger partial charge in [0.1, 0.15) is 5.75 Å². The molecule has 2 nitrogen and oxygen atoms in total. The van der Waals surface area contributed by atoms with E-state index in [9.17, 15) is 0 Å². The van der Waals surface area contributed by atoms with Crippen LogP contribution >= 0.6 is 0 Å². The Bertz CT molecular complexity index is 392. The Kier molecular flexibility index (Phi) is 4.05. The lowest BCUT2D eigenvalue weighted by atomic mass is 10.1. The van der Waals surface area contributed by atoms with Crippen LogP contribution in [0, 0.1) is 6.92 Å². The van der Waals surface area contributed by atoms with Crippen LogP contribution < -0.4 is 4.43 Å². The van der Waals surface area contributed by atoms with E-state index in [0.717, 1.165) is 16.9 Å². The van der Waals surface area contributed by atoms with Crippen LogP contribution in [0.3, 0.4) is 0 Å². The Morgan fingerprint density at radius 2 is 1.82 bits per heavy atom. The molecule has 3 heteroatoms. The largest absolute Gasteiger partial charge is 0.543 e. The fraction of sp³-hybridized carbons (Fsp3) is 0.571. The molecule has 0 bridgehead atoms. The van der Waals surface area contributed by atoms with Gasteiger partial charge in [0.15, 0.2) is 0 Å². The van der Waals surface area contributed by atoms with Gasteiger partial charge in [-0.1, -0.05) is 32.9 Å². The molecule has 1 N–H and O–H groups in total. The third-order valence-electron chi connectivity index (χ3n) is 3.61. The van der Waals surface area contributed by atoms with E-state index in [1.807, 2.05) is 25.1 Å². The zero-order chi connectivity index (χ0) is 13.3. The van der Waals surface area contributed by atoms with Gasteiger partial charge in [0.2, 0.25) is 8.32 Å². The molecule has 1 aromatic carbocycles. The van der Waals surface area contributed by atoms with Gasteiger partial charge in [-0.2, -0.15) is 0 Å². The van der Waals surface area contributed by atoms with Crippen LogP contribution in [-0.2, 0) is 6.61 Å². The SMILES string of the molecule is Cc1ccc(CO)cc1O[Si](C)(C)C(C)(C)C. The number of aliphatic hydroxyl groups excluding tert-OH is 1. The van der Waals surface area contributed by atoms with Gasteiger partial charge >= 0.3 is 0 Å². The van der Waals surface area contributed by atoms with Crippen LogP contribution in [-0.4, -0.2) is 13.4 Å². The molecule has 0 atom stereocenters. The zero-order valence-electron chi connectivity index (χ0n) is 11.8. The predicted octanol–water partition coefficient (Wildman–Crippen LogP) is 3.87. The molecule has 0 saturated carbocycles. The summed E-state index contributed by atoms with van der Waals surface area (Å²) >= 11 is 0. The highest BCUT2D eigenvalue weighted by atomic mass is 28.4. The summed E-state index contributed by atoms with van der Waals surface area (Å²) in [5.41, 5.74) is 2.04. The first-order valence-electron chi connectivity index (χ1n) is 6.07. The molecule has 17 heavy (non-hydrogen) atoms. The molecule has 1 rings (SSSR count). The lowest BCUT2D eigenvalue weighted by molar-refractivity contribution is 0.281. The van der Waals surface area contributed by atoms with Crippen molar-refractivity contribution < 1.29 is 9.53 Å². The summed E-state index contributed by atoms with van der Waals surface area (Å²) in [6.07, 6.45) is 0. The molecule has 0 aliphatic heterocycles. The van der Waals surface area contributed by atoms with Crippen LogP contribution in [0.1, 0.15) is 31.9 Å². The summed E-state index contributed by atoms with van der Waals surface area (Å²) in [6, 6.07) is 5.90. The van der Waals surface area contributed by atoms with E-state index in [1.54, 1.807) is 0 Å². The molecule has 0 spiro atoms. The maximum Gasteiger partial charge on any atom is 0.250 e. The molecule has 1 aromatic rings. The van der Waals surface area contributed by atoms with Crippen molar-refractivity contribution in [3.05, 3.63) is 29.3 Å². The maximum atomic E-state index is 9.17. The van der Waals surface area contributed by atoms with E-state index in [2.05, 4.69) is 33.9 Å². The molecule has 0 aromatic heterocycles. The quantitative estimate of drug-likeness (QED) is 0.827. The Morgan fingerprint density at radius 1 is 1.24 bits per heavy atom. The third-order valence-corrected chi connectivity index (χ3v) is 7.95. The van der Waals surface area contributed by atoms with Crippen molar-refractivity contribution in [3.63, 3.8) is 0 Å². The Balaban J connectivity index is 3.02. The van der Waals surface area contributed by atoms with Gasteiger partial charge in [-0.3, -0.25) is 0 Å². The van der Waals surface area contributed by atoms with Gasteiger partial charge in [0.25, 0.3) is 0 Å². The lowest BCUT2D eigenvalue weighted by Gasteiger charge is -2.37. The molecular formula is C14H24O2Si. The highest BCUT2D eigenvalue weighted by Crippen LogP contribution is 2.38. The van der Waals surface area contributed by atoms with Gasteiger partial charge in [0.05, 0.1) is 6.61 Å². The monoisotopic (exact) mass is 252 g/mol. The summed E-state index contributed by atoms with van der Waals surface area (Å²) < 4.78 is 6.27. The minimum atomic E-state index is -1.79. The third kappa shape index (κ3) is 3.33. The van der Waals surface area contributed by atoms with E-state index in [4.69, 9.17) is 9.53 Å². The average Bonchev–Trinajstić information content (AvgIpc) is 2.19. The second-order valence-corrected chi connectivity index (χ2v) is 10.8. The molecule has 0 unspecified atom stereocenters. The predicted molar refractivity (Wildman–Crippen MR) is 74.9 cm³/mol. The van der Waals surface area contributed by atoms with Crippen molar-refractivity contribution >= 4 is 8.32 Å². The van der Waals surface area contributed by atoms with Gasteiger partial charge in [-0.25, -0.2) is 0 Å². The highest BCUT2D eigenvalue weighted by Gasteiger charge is 2.39. The van der Waals surface area contributed by atoms with Crippen LogP contribution in [0.4, 0.5) is 0 Å². The van der Waals surface area contributed by atoms with E-state index >= 15 is 0 Å². The van der Waals surface area contributed by atoms with Crippen LogP contribution in [0.15, 0.2) is 18.2 Å². The van der Waals surface area contributed by atoms with Crippen LogP contribution in [0.5, 0.6) is 5.75 Å². The van der Waals surface area contributed by atoms with Gasteiger partial charge in [0, 0.05) is 0 Å². The average molecular weight is 252 g/mol. The molecule has 0 amide bonds. The number of aliphatic hydroxyl groups is 1. The normalized spacial score (nSPS) is 12.6. The summed E-state index contributed by atoms with van der Waals surface area (Å²) in [5, 5.41) is 9.36. The molecule has 0 saturated heterocycles. The van der Waals surface area contributed by atoms with Crippen LogP contribution in [0.2, 0.25) is 18.1 Å². The van der Waals surface area contributed by atoms with Crippen molar-refractivity contribution in [3.8, 4) is 5.75 Å². The Labute approximate surface area is 106 Å². The molecule has 0 radical (unpaired) electrons. The first-order valence-corrected chi connectivity index (χ1v) is 8.97. The summed E-state index contributed by atoms with van der Waals surface area (Å²) in [7, 11) is -1.79. The molecule has 0 aliphatic rings. The molecule has 96 valence electrons. The number of benzene rings is 1. The van der Waals surface area contributed by atoms with E-state index < -0.39 is 8.32 Å². The molecule has 0 heterocycles. The number of hydrogen-bond donors (Lipinski definition) is 1. The lowest BCUT2D eigenvalue weighted by Crippen LogP contribution is -2.44. The van der Waals surface area contributed by atoms with Crippen molar-refractivity contribution in [2.45, 2.75) is 52.4 Å². The summed E-state index contributed by atoms with van der Waals surface area (Å²) in [5.74, 6) is 0.920. The zero-order valence-corrected chi connectivity index (χ0v) is 12.8. The van der Waals surface area contributed by atoms with E-state index in [-0.39, 0.29) is 11.6 Å². The van der Waals surface area contributed by atoms with Crippen molar-refractivity contribution in [2.75, 3.05) is 0 Å². The minimum Gasteiger partial charge on any atom is -0.543 e. The number of aryl methyl sites for hydroxylation is 1. The van der Waals surface area contributed by atoms with E-state index in [0.29, 0.717) is 0 Å². The fourth-order valence-electron chi connectivity index (χ4n) is 1.28. The second kappa shape index (κ2) is 4.82. The minimum absolute atomic E-state index is 0.0636. The number of hydrogen-bond acceptors (Lipinski definition) is 2. The van der Waals surface area contributed by atoms with Crippen LogP contribution in [0.25, 0.3) is 0 Å². The standard InChI is InChI=1S/C14H24O2Si/c1-11-7-8-12(10-15)9-13(11)16-17(5,6)14(2,3)4/h7-9,15H,10H2,1-6H3. The maximum absolute atomic E-state index is 9.17. The Hall–Kier alpha value is -0.803.